The maximum Gasteiger partial charge on any atom is 0.254 e. The van der Waals surface area contributed by atoms with Crippen molar-refractivity contribution in [3.05, 3.63) is 42.9 Å². The Hall–Kier alpha value is -2.04. The van der Waals surface area contributed by atoms with Gasteiger partial charge in [-0.15, -0.1) is 0 Å². The summed E-state index contributed by atoms with van der Waals surface area (Å²) in [4.78, 5) is 15.5. The molecule has 2 rings (SSSR count). The molecule has 0 aliphatic heterocycles. The van der Waals surface area contributed by atoms with Crippen LogP contribution in [0, 0.1) is 0 Å². The van der Waals surface area contributed by atoms with E-state index in [2.05, 4.69) is 10.3 Å². The zero-order valence-corrected chi connectivity index (χ0v) is 9.50. The number of carbonyl (C=O) groups excluding carboxylic acids is 1. The summed E-state index contributed by atoms with van der Waals surface area (Å²) < 4.78 is 6.87. The summed E-state index contributed by atoms with van der Waals surface area (Å²) >= 11 is 0. The van der Waals surface area contributed by atoms with Gasteiger partial charge < -0.3 is 14.3 Å². The zero-order chi connectivity index (χ0) is 11.9. The van der Waals surface area contributed by atoms with Crippen LogP contribution in [0.5, 0.6) is 0 Å². The van der Waals surface area contributed by atoms with Crippen LogP contribution in [-0.4, -0.2) is 22.0 Å². The number of amides is 1. The number of carbonyl (C=O) groups is 1. The van der Waals surface area contributed by atoms with E-state index in [4.69, 9.17) is 4.42 Å². The molecule has 0 aliphatic rings. The minimum absolute atomic E-state index is 0.0821. The number of aromatic nitrogens is 2. The number of hydrogen-bond acceptors (Lipinski definition) is 3. The van der Waals surface area contributed by atoms with Gasteiger partial charge in [-0.25, -0.2) is 4.98 Å². The van der Waals surface area contributed by atoms with Crippen LogP contribution in [0.4, 0.5) is 0 Å². The third-order valence-corrected chi connectivity index (χ3v) is 2.47. The topological polar surface area (TPSA) is 60.1 Å². The Morgan fingerprint density at radius 3 is 3.12 bits per heavy atom. The fourth-order valence-corrected chi connectivity index (χ4v) is 1.54. The van der Waals surface area contributed by atoms with Crippen molar-refractivity contribution in [3.63, 3.8) is 0 Å². The number of unbranched alkanes of at least 4 members (excludes halogenated alkanes) is 1. The minimum atomic E-state index is -0.0821. The Morgan fingerprint density at radius 1 is 1.47 bits per heavy atom. The Kier molecular flexibility index (Phi) is 3.96. The van der Waals surface area contributed by atoms with Crippen molar-refractivity contribution in [2.75, 3.05) is 6.54 Å². The van der Waals surface area contributed by atoms with Crippen molar-refractivity contribution in [2.45, 2.75) is 19.4 Å². The third-order valence-electron chi connectivity index (χ3n) is 2.47. The second kappa shape index (κ2) is 5.89. The van der Waals surface area contributed by atoms with E-state index in [-0.39, 0.29) is 5.91 Å². The molecule has 5 heteroatoms. The average molecular weight is 233 g/mol. The molecule has 0 bridgehead atoms. The molecule has 17 heavy (non-hydrogen) atoms. The normalized spacial score (nSPS) is 10.4. The van der Waals surface area contributed by atoms with E-state index in [1.54, 1.807) is 18.6 Å². The lowest BCUT2D eigenvalue weighted by Gasteiger charge is -2.04. The highest BCUT2D eigenvalue weighted by Crippen LogP contribution is 1.99. The standard InChI is InChI=1S/C12H15N3O2/c16-12(11-3-8-17-9-11)14-4-1-2-6-15-7-5-13-10-15/h3,5,7-10H,1-2,4,6H2,(H,14,16). The smallest absolute Gasteiger partial charge is 0.254 e. The molecular formula is C12H15N3O2. The largest absolute Gasteiger partial charge is 0.472 e. The molecule has 5 nitrogen and oxygen atoms in total. The molecule has 1 N–H and O–H groups in total. The quantitative estimate of drug-likeness (QED) is 0.772. The predicted molar refractivity (Wildman–Crippen MR) is 62.5 cm³/mol. The maximum atomic E-state index is 11.5. The first-order valence-corrected chi connectivity index (χ1v) is 5.62. The van der Waals surface area contributed by atoms with Crippen LogP contribution < -0.4 is 5.32 Å². The molecule has 0 fully saturated rings. The Labute approximate surface area is 99.5 Å². The first-order chi connectivity index (χ1) is 8.36. The van der Waals surface area contributed by atoms with Gasteiger partial charge in [0.15, 0.2) is 0 Å². The zero-order valence-electron chi connectivity index (χ0n) is 9.50. The second-order valence-corrected chi connectivity index (χ2v) is 3.78. The molecule has 90 valence electrons. The van der Waals surface area contributed by atoms with Crippen LogP contribution in [0.15, 0.2) is 41.7 Å². The molecule has 0 spiro atoms. The average Bonchev–Trinajstić information content (AvgIpc) is 3.01. The highest BCUT2D eigenvalue weighted by Gasteiger charge is 2.04. The first kappa shape index (κ1) is 11.4. The van der Waals surface area contributed by atoms with Crippen LogP contribution in [0.2, 0.25) is 0 Å². The van der Waals surface area contributed by atoms with Gasteiger partial charge in [-0.3, -0.25) is 4.79 Å². The predicted octanol–water partition coefficient (Wildman–Crippen LogP) is 1.69. The van der Waals surface area contributed by atoms with Crippen LogP contribution >= 0.6 is 0 Å². The SMILES string of the molecule is O=C(NCCCCn1ccnc1)c1ccoc1. The lowest BCUT2D eigenvalue weighted by atomic mass is 10.3. The lowest BCUT2D eigenvalue weighted by Crippen LogP contribution is -2.24. The van der Waals surface area contributed by atoms with Gasteiger partial charge in [0, 0.05) is 25.5 Å². The summed E-state index contributed by atoms with van der Waals surface area (Å²) in [5, 5.41) is 2.84. The molecule has 0 saturated carbocycles. The van der Waals surface area contributed by atoms with Crippen molar-refractivity contribution < 1.29 is 9.21 Å². The van der Waals surface area contributed by atoms with Crippen molar-refractivity contribution >= 4 is 5.91 Å². The molecule has 0 saturated heterocycles. The Balaban J connectivity index is 1.59. The van der Waals surface area contributed by atoms with Gasteiger partial charge in [0.25, 0.3) is 5.91 Å². The van der Waals surface area contributed by atoms with E-state index in [1.165, 1.54) is 12.5 Å². The van der Waals surface area contributed by atoms with Crippen molar-refractivity contribution in [1.82, 2.24) is 14.9 Å². The molecule has 0 unspecified atom stereocenters. The monoisotopic (exact) mass is 233 g/mol. The summed E-state index contributed by atoms with van der Waals surface area (Å²) in [5.41, 5.74) is 0.569. The van der Waals surface area contributed by atoms with Crippen LogP contribution in [0.25, 0.3) is 0 Å². The highest BCUT2D eigenvalue weighted by molar-refractivity contribution is 5.93. The molecule has 0 aromatic carbocycles. The molecule has 2 aromatic heterocycles. The second-order valence-electron chi connectivity index (χ2n) is 3.78. The van der Waals surface area contributed by atoms with Gasteiger partial charge in [0.05, 0.1) is 18.2 Å². The van der Waals surface area contributed by atoms with E-state index >= 15 is 0 Å². The maximum absolute atomic E-state index is 11.5. The number of rotatable bonds is 6. The van der Waals surface area contributed by atoms with E-state index in [1.807, 2.05) is 10.8 Å². The van der Waals surface area contributed by atoms with Gasteiger partial charge in [0.1, 0.15) is 6.26 Å². The Bertz CT molecular complexity index is 434. The highest BCUT2D eigenvalue weighted by atomic mass is 16.3. The van der Waals surface area contributed by atoms with Crippen LogP contribution in [0.1, 0.15) is 23.2 Å². The number of imidazole rings is 1. The summed E-state index contributed by atoms with van der Waals surface area (Å²) in [7, 11) is 0. The summed E-state index contributed by atoms with van der Waals surface area (Å²) in [6.07, 6.45) is 10.4. The van der Waals surface area contributed by atoms with Crippen molar-refractivity contribution in [1.29, 1.82) is 0 Å². The molecule has 0 aliphatic carbocycles. The molecule has 0 radical (unpaired) electrons. The molecule has 2 heterocycles. The fraction of sp³-hybridized carbons (Fsp3) is 0.333. The summed E-state index contributed by atoms with van der Waals surface area (Å²) in [5.74, 6) is -0.0821. The van der Waals surface area contributed by atoms with Gasteiger partial charge in [0.2, 0.25) is 0 Å². The number of aryl methyl sites for hydroxylation is 1. The van der Waals surface area contributed by atoms with Crippen molar-refractivity contribution in [2.24, 2.45) is 0 Å². The summed E-state index contributed by atoms with van der Waals surface area (Å²) in [6.45, 7) is 1.61. The molecule has 0 atom stereocenters. The van der Waals surface area contributed by atoms with E-state index in [9.17, 15) is 4.79 Å². The number of nitrogens with one attached hydrogen (secondary N) is 1. The fourth-order valence-electron chi connectivity index (χ4n) is 1.54. The number of nitrogens with zero attached hydrogens (tertiary/aromatic N) is 2. The third kappa shape index (κ3) is 3.48. The van der Waals surface area contributed by atoms with Crippen LogP contribution in [0.3, 0.4) is 0 Å². The molecular weight excluding hydrogens is 218 g/mol. The summed E-state index contributed by atoms with van der Waals surface area (Å²) in [6, 6.07) is 1.65. The van der Waals surface area contributed by atoms with Gasteiger partial charge in [-0.05, 0) is 18.9 Å². The lowest BCUT2D eigenvalue weighted by molar-refractivity contribution is 0.0952. The van der Waals surface area contributed by atoms with Gasteiger partial charge in [-0.1, -0.05) is 0 Å². The van der Waals surface area contributed by atoms with Gasteiger partial charge >= 0.3 is 0 Å². The van der Waals surface area contributed by atoms with E-state index in [0.717, 1.165) is 19.4 Å². The van der Waals surface area contributed by atoms with Crippen LogP contribution in [-0.2, 0) is 6.54 Å². The van der Waals surface area contributed by atoms with Crippen molar-refractivity contribution in [3.8, 4) is 0 Å². The van der Waals surface area contributed by atoms with E-state index in [0.29, 0.717) is 12.1 Å². The van der Waals surface area contributed by atoms with E-state index < -0.39 is 0 Å². The molecule has 1 amide bonds. The van der Waals surface area contributed by atoms with Gasteiger partial charge in [-0.2, -0.15) is 0 Å². The number of furan rings is 1. The molecule has 2 aromatic rings. The minimum Gasteiger partial charge on any atom is -0.472 e. The first-order valence-electron chi connectivity index (χ1n) is 5.62. The Morgan fingerprint density at radius 2 is 2.41 bits per heavy atom. The number of hydrogen-bond donors (Lipinski definition) is 1.